The second-order valence-electron chi connectivity index (χ2n) is 6.10. The van der Waals surface area contributed by atoms with E-state index in [4.69, 9.17) is 27.9 Å². The maximum atomic E-state index is 12.1. The van der Waals surface area contributed by atoms with E-state index in [0.29, 0.717) is 21.5 Å². The number of amides is 2. The van der Waals surface area contributed by atoms with Gasteiger partial charge in [0.25, 0.3) is 5.91 Å². The molecule has 3 rings (SSSR count). The predicted molar refractivity (Wildman–Crippen MR) is 115 cm³/mol. The fourth-order valence-corrected chi connectivity index (χ4v) is 2.95. The van der Waals surface area contributed by atoms with Gasteiger partial charge in [0.1, 0.15) is 5.75 Å². The zero-order valence-electron chi connectivity index (χ0n) is 15.3. The van der Waals surface area contributed by atoms with Gasteiger partial charge < -0.3 is 15.4 Å². The Kier molecular flexibility index (Phi) is 7.11. The highest BCUT2D eigenvalue weighted by molar-refractivity contribution is 6.35. The van der Waals surface area contributed by atoms with Crippen LogP contribution in [0.1, 0.15) is 0 Å². The summed E-state index contributed by atoms with van der Waals surface area (Å²) in [5.74, 6) is -0.253. The van der Waals surface area contributed by atoms with Crippen LogP contribution in [0.2, 0.25) is 10.0 Å². The average molecular weight is 429 g/mol. The lowest BCUT2D eigenvalue weighted by molar-refractivity contribution is -0.125. The smallest absolute Gasteiger partial charge is 0.258 e. The van der Waals surface area contributed by atoms with E-state index in [1.807, 2.05) is 48.5 Å². The first kappa shape index (κ1) is 20.7. The Bertz CT molecular complexity index is 1010. The Labute approximate surface area is 178 Å². The summed E-state index contributed by atoms with van der Waals surface area (Å²) in [7, 11) is 0. The van der Waals surface area contributed by atoms with E-state index in [2.05, 4.69) is 10.6 Å². The number of benzene rings is 3. The molecule has 0 radical (unpaired) electrons. The van der Waals surface area contributed by atoms with Gasteiger partial charge in [-0.15, -0.1) is 0 Å². The van der Waals surface area contributed by atoms with Gasteiger partial charge in [0, 0.05) is 10.6 Å². The second kappa shape index (κ2) is 9.96. The lowest BCUT2D eigenvalue weighted by Crippen LogP contribution is -2.35. The van der Waals surface area contributed by atoms with Crippen LogP contribution in [-0.4, -0.2) is 25.0 Å². The van der Waals surface area contributed by atoms with Crippen molar-refractivity contribution in [2.24, 2.45) is 0 Å². The fraction of sp³-hybridized carbons (Fsp3) is 0.0909. The van der Waals surface area contributed by atoms with Crippen molar-refractivity contribution in [1.29, 1.82) is 0 Å². The molecule has 2 N–H and O–H groups in total. The van der Waals surface area contributed by atoms with Crippen LogP contribution >= 0.6 is 23.2 Å². The fourth-order valence-electron chi connectivity index (χ4n) is 2.61. The molecule has 0 atom stereocenters. The van der Waals surface area contributed by atoms with Crippen molar-refractivity contribution in [1.82, 2.24) is 5.32 Å². The monoisotopic (exact) mass is 428 g/mol. The Morgan fingerprint density at radius 1 is 0.862 bits per heavy atom. The maximum absolute atomic E-state index is 12.1. The van der Waals surface area contributed by atoms with Crippen molar-refractivity contribution in [3.63, 3.8) is 0 Å². The van der Waals surface area contributed by atoms with Gasteiger partial charge in [0.15, 0.2) is 6.61 Å². The number of para-hydroxylation sites is 1. The minimum Gasteiger partial charge on any atom is -0.483 e. The molecule has 0 fully saturated rings. The van der Waals surface area contributed by atoms with Gasteiger partial charge in [0.2, 0.25) is 5.91 Å². The summed E-state index contributed by atoms with van der Waals surface area (Å²) in [5.41, 5.74) is 2.25. The lowest BCUT2D eigenvalue weighted by atomic mass is 10.1. The maximum Gasteiger partial charge on any atom is 0.258 e. The summed E-state index contributed by atoms with van der Waals surface area (Å²) in [6.45, 7) is -0.430. The minimum absolute atomic E-state index is 0.213. The van der Waals surface area contributed by atoms with Gasteiger partial charge in [-0.05, 0) is 29.8 Å². The third kappa shape index (κ3) is 5.98. The molecule has 5 nitrogen and oxygen atoms in total. The molecule has 7 heteroatoms. The van der Waals surface area contributed by atoms with Crippen molar-refractivity contribution < 1.29 is 14.3 Å². The summed E-state index contributed by atoms with van der Waals surface area (Å²) in [4.78, 5) is 24.1. The molecule has 0 aliphatic rings. The molecular formula is C22H18Cl2N2O3. The number of carbonyl (C=O) groups is 2. The topological polar surface area (TPSA) is 67.4 Å². The lowest BCUT2D eigenvalue weighted by Gasteiger charge is -2.12. The predicted octanol–water partition coefficient (Wildman–Crippen LogP) is 4.79. The highest BCUT2D eigenvalue weighted by Gasteiger charge is 2.11. The molecule has 2 amide bonds. The van der Waals surface area contributed by atoms with Crippen LogP contribution < -0.4 is 15.4 Å². The highest BCUT2D eigenvalue weighted by Crippen LogP contribution is 2.29. The summed E-state index contributed by atoms with van der Waals surface area (Å²) >= 11 is 11.9. The number of carbonyl (C=O) groups excluding carboxylic acids is 2. The van der Waals surface area contributed by atoms with E-state index >= 15 is 0 Å². The average Bonchev–Trinajstić information content (AvgIpc) is 2.74. The van der Waals surface area contributed by atoms with Gasteiger partial charge in [-0.3, -0.25) is 9.59 Å². The number of ether oxygens (including phenoxy) is 1. The molecule has 0 bridgehead atoms. The number of halogens is 2. The quantitative estimate of drug-likeness (QED) is 0.568. The van der Waals surface area contributed by atoms with E-state index < -0.39 is 11.8 Å². The summed E-state index contributed by atoms with van der Waals surface area (Å²) in [5, 5.41) is 5.91. The SMILES string of the molecule is O=C(COc1ccccc1-c1ccccc1)NCC(=O)Nc1cc(Cl)ccc1Cl. The van der Waals surface area contributed by atoms with E-state index in [1.165, 1.54) is 6.07 Å². The van der Waals surface area contributed by atoms with Crippen LogP contribution in [0.3, 0.4) is 0 Å². The Morgan fingerprint density at radius 3 is 2.38 bits per heavy atom. The number of hydrogen-bond donors (Lipinski definition) is 2. The molecule has 29 heavy (non-hydrogen) atoms. The number of nitrogens with one attached hydrogen (secondary N) is 2. The molecular weight excluding hydrogens is 411 g/mol. The first-order chi connectivity index (χ1) is 14.0. The zero-order chi connectivity index (χ0) is 20.6. The first-order valence-electron chi connectivity index (χ1n) is 8.82. The van der Waals surface area contributed by atoms with Crippen LogP contribution in [0.25, 0.3) is 11.1 Å². The Hall–Kier alpha value is -3.02. The van der Waals surface area contributed by atoms with Crippen LogP contribution in [0.5, 0.6) is 5.75 Å². The van der Waals surface area contributed by atoms with Crippen LogP contribution in [-0.2, 0) is 9.59 Å². The molecule has 3 aromatic carbocycles. The standard InChI is InChI=1S/C22H18Cl2N2O3/c23-16-10-11-18(24)19(12-16)26-21(27)13-25-22(28)14-29-20-9-5-4-8-17(20)15-6-2-1-3-7-15/h1-12H,13-14H2,(H,25,28)(H,26,27). The normalized spacial score (nSPS) is 10.3. The third-order valence-corrected chi connectivity index (χ3v) is 4.54. The van der Waals surface area contributed by atoms with E-state index in [9.17, 15) is 9.59 Å². The van der Waals surface area contributed by atoms with Gasteiger partial charge in [-0.25, -0.2) is 0 Å². The van der Waals surface area contributed by atoms with Crippen molar-refractivity contribution in [3.05, 3.63) is 82.8 Å². The number of rotatable bonds is 7. The Morgan fingerprint density at radius 2 is 1.59 bits per heavy atom. The van der Waals surface area contributed by atoms with Gasteiger partial charge >= 0.3 is 0 Å². The van der Waals surface area contributed by atoms with E-state index in [-0.39, 0.29) is 13.2 Å². The summed E-state index contributed by atoms with van der Waals surface area (Å²) in [6, 6.07) is 21.9. The minimum atomic E-state index is -0.424. The third-order valence-electron chi connectivity index (χ3n) is 3.98. The summed E-state index contributed by atoms with van der Waals surface area (Å²) in [6.07, 6.45) is 0. The van der Waals surface area contributed by atoms with E-state index in [0.717, 1.165) is 11.1 Å². The molecule has 0 saturated heterocycles. The van der Waals surface area contributed by atoms with Crippen LogP contribution in [0, 0.1) is 0 Å². The van der Waals surface area contributed by atoms with Crippen molar-refractivity contribution in [3.8, 4) is 16.9 Å². The molecule has 0 unspecified atom stereocenters. The molecule has 0 spiro atoms. The van der Waals surface area contributed by atoms with Gasteiger partial charge in [-0.2, -0.15) is 0 Å². The Balaban J connectivity index is 1.52. The van der Waals surface area contributed by atoms with E-state index in [1.54, 1.807) is 18.2 Å². The number of hydrogen-bond acceptors (Lipinski definition) is 3. The van der Waals surface area contributed by atoms with Crippen LogP contribution in [0.4, 0.5) is 5.69 Å². The molecule has 0 aliphatic heterocycles. The molecule has 148 valence electrons. The largest absolute Gasteiger partial charge is 0.483 e. The van der Waals surface area contributed by atoms with Crippen LogP contribution in [0.15, 0.2) is 72.8 Å². The second-order valence-corrected chi connectivity index (χ2v) is 6.94. The zero-order valence-corrected chi connectivity index (χ0v) is 16.8. The van der Waals surface area contributed by atoms with Crippen molar-refractivity contribution in [2.45, 2.75) is 0 Å². The molecule has 0 saturated carbocycles. The molecule has 0 aliphatic carbocycles. The number of anilines is 1. The first-order valence-corrected chi connectivity index (χ1v) is 9.57. The molecule has 0 heterocycles. The van der Waals surface area contributed by atoms with Crippen molar-refractivity contribution in [2.75, 3.05) is 18.5 Å². The molecule has 0 aromatic heterocycles. The summed E-state index contributed by atoms with van der Waals surface area (Å²) < 4.78 is 5.66. The van der Waals surface area contributed by atoms with Gasteiger partial charge in [0.05, 0.1) is 17.3 Å². The molecule has 3 aromatic rings. The highest BCUT2D eigenvalue weighted by atomic mass is 35.5. The van der Waals surface area contributed by atoms with Crippen molar-refractivity contribution >= 4 is 40.7 Å². The van der Waals surface area contributed by atoms with Gasteiger partial charge in [-0.1, -0.05) is 71.7 Å².